The minimum Gasteiger partial charge on any atom is -0.326 e. The van der Waals surface area contributed by atoms with E-state index in [0.29, 0.717) is 48.7 Å². The summed E-state index contributed by atoms with van der Waals surface area (Å²) in [6, 6.07) is 17.6. The van der Waals surface area contributed by atoms with E-state index in [1.807, 2.05) is 6.07 Å². The number of hydrogen-bond donors (Lipinski definition) is 1. The van der Waals surface area contributed by atoms with Crippen molar-refractivity contribution in [1.82, 2.24) is 4.31 Å². The number of piperidine rings is 1. The number of halogens is 2. The van der Waals surface area contributed by atoms with Crippen LogP contribution in [-0.4, -0.2) is 46.7 Å². The van der Waals surface area contributed by atoms with E-state index in [1.165, 1.54) is 45.0 Å². The Labute approximate surface area is 235 Å². The zero-order valence-electron chi connectivity index (χ0n) is 20.2. The third-order valence-electron chi connectivity index (χ3n) is 6.81. The van der Waals surface area contributed by atoms with Crippen molar-refractivity contribution in [3.05, 3.63) is 81.8 Å². The summed E-state index contributed by atoms with van der Waals surface area (Å²) in [5.41, 5.74) is 1.84. The zero-order chi connectivity index (χ0) is 27.1. The Morgan fingerprint density at radius 1 is 0.895 bits per heavy atom. The Balaban J connectivity index is 1.32. The van der Waals surface area contributed by atoms with Gasteiger partial charge in [0.1, 0.15) is 0 Å². The van der Waals surface area contributed by atoms with Gasteiger partial charge in [0.2, 0.25) is 15.9 Å². The van der Waals surface area contributed by atoms with Crippen LogP contribution in [0, 0.1) is 5.92 Å². The van der Waals surface area contributed by atoms with E-state index in [2.05, 4.69) is 21.2 Å². The summed E-state index contributed by atoms with van der Waals surface area (Å²) in [5.74, 6) is -0.832. The highest BCUT2D eigenvalue weighted by atomic mass is 79.9. The van der Waals surface area contributed by atoms with Crippen LogP contribution in [0.3, 0.4) is 0 Å². The maximum absolute atomic E-state index is 13.3. The van der Waals surface area contributed by atoms with Gasteiger partial charge in [-0.2, -0.15) is 4.31 Å². The first-order valence-electron chi connectivity index (χ1n) is 12.0. The fourth-order valence-corrected chi connectivity index (χ4v) is 8.19. The van der Waals surface area contributed by atoms with Crippen molar-refractivity contribution in [2.24, 2.45) is 5.92 Å². The van der Waals surface area contributed by atoms with Gasteiger partial charge in [-0.05, 0) is 85.5 Å². The molecule has 1 atom stereocenters. The van der Waals surface area contributed by atoms with Crippen molar-refractivity contribution in [2.75, 3.05) is 29.3 Å². The molecule has 2 heterocycles. The van der Waals surface area contributed by atoms with Crippen LogP contribution in [0.25, 0.3) is 0 Å². The number of anilines is 2. The summed E-state index contributed by atoms with van der Waals surface area (Å²) in [6.45, 7) is 0.716. The molecule has 2 aliphatic rings. The number of nitrogens with zero attached hydrogens (tertiary/aromatic N) is 2. The summed E-state index contributed by atoms with van der Waals surface area (Å²) in [7, 11) is -7.53. The number of nitrogens with one attached hydrogen (secondary N) is 1. The second-order valence-corrected chi connectivity index (χ2v) is 14.4. The first-order chi connectivity index (χ1) is 18.1. The van der Waals surface area contributed by atoms with Crippen molar-refractivity contribution in [2.45, 2.75) is 29.1 Å². The van der Waals surface area contributed by atoms with E-state index in [1.54, 1.807) is 24.3 Å². The van der Waals surface area contributed by atoms with Crippen LogP contribution < -0.4 is 9.62 Å². The Bertz CT molecular complexity index is 1580. The normalized spacial score (nSPS) is 18.3. The van der Waals surface area contributed by atoms with E-state index in [-0.39, 0.29) is 22.2 Å². The third kappa shape index (κ3) is 5.35. The van der Waals surface area contributed by atoms with E-state index < -0.39 is 26.0 Å². The van der Waals surface area contributed by atoms with Gasteiger partial charge in [0.05, 0.1) is 21.4 Å². The van der Waals surface area contributed by atoms with Gasteiger partial charge in [-0.25, -0.2) is 16.8 Å². The zero-order valence-corrected chi connectivity index (χ0v) is 24.2. The standard InChI is InChI=1S/C26H25BrClN3O5S2/c27-20-4-9-23(10-5-20)37(33,34)30-14-1-2-19(17-30)26(32)29-22-8-3-18-13-15-31(25(18)16-22)38(35,36)24-11-6-21(28)7-12-24/h3-12,16,19H,1-2,13-15,17H2,(H,29,32)/t19-/m0/s1. The third-order valence-corrected chi connectivity index (χ3v) is 11.3. The molecular formula is C26H25BrClN3O5S2. The van der Waals surface area contributed by atoms with Crippen LogP contribution in [-0.2, 0) is 31.3 Å². The second-order valence-electron chi connectivity index (χ2n) is 9.27. The molecule has 1 fully saturated rings. The molecule has 5 rings (SSSR count). The van der Waals surface area contributed by atoms with Crippen LogP contribution >= 0.6 is 27.5 Å². The van der Waals surface area contributed by atoms with Gasteiger partial charge in [0, 0.05) is 34.8 Å². The van der Waals surface area contributed by atoms with E-state index >= 15 is 0 Å². The van der Waals surface area contributed by atoms with Crippen molar-refractivity contribution in [3.63, 3.8) is 0 Å². The van der Waals surface area contributed by atoms with Crippen molar-refractivity contribution >= 4 is 64.9 Å². The van der Waals surface area contributed by atoms with Crippen LogP contribution in [0.15, 0.2) is 81.0 Å². The lowest BCUT2D eigenvalue weighted by Gasteiger charge is -2.31. The topological polar surface area (TPSA) is 104 Å². The molecule has 12 heteroatoms. The van der Waals surface area contributed by atoms with Crippen molar-refractivity contribution in [3.8, 4) is 0 Å². The van der Waals surface area contributed by atoms with Crippen LogP contribution in [0.2, 0.25) is 5.02 Å². The molecule has 0 unspecified atom stereocenters. The predicted octanol–water partition coefficient (Wildman–Crippen LogP) is 4.89. The molecule has 38 heavy (non-hydrogen) atoms. The Kier molecular flexibility index (Phi) is 7.58. The van der Waals surface area contributed by atoms with Gasteiger partial charge in [-0.3, -0.25) is 9.10 Å². The summed E-state index contributed by atoms with van der Waals surface area (Å²) in [6.07, 6.45) is 1.67. The quantitative estimate of drug-likeness (QED) is 0.414. The highest BCUT2D eigenvalue weighted by Crippen LogP contribution is 2.35. The Hall–Kier alpha value is -2.44. The van der Waals surface area contributed by atoms with E-state index in [4.69, 9.17) is 11.6 Å². The number of hydrogen-bond acceptors (Lipinski definition) is 5. The molecule has 0 aromatic heterocycles. The minimum absolute atomic E-state index is 0.0756. The van der Waals surface area contributed by atoms with Crippen LogP contribution in [0.5, 0.6) is 0 Å². The van der Waals surface area contributed by atoms with Gasteiger partial charge >= 0.3 is 0 Å². The molecule has 0 radical (unpaired) electrons. The second kappa shape index (κ2) is 10.6. The average molecular weight is 639 g/mol. The molecule has 2 aliphatic heterocycles. The maximum Gasteiger partial charge on any atom is 0.264 e. The summed E-state index contributed by atoms with van der Waals surface area (Å²) < 4.78 is 56.3. The SMILES string of the molecule is O=C(Nc1ccc2c(c1)N(S(=O)(=O)c1ccc(Cl)cc1)CC2)[C@H]1CCCN(S(=O)(=O)c2ccc(Br)cc2)C1. The molecule has 8 nitrogen and oxygen atoms in total. The first-order valence-corrected chi connectivity index (χ1v) is 16.1. The molecular weight excluding hydrogens is 614 g/mol. The largest absolute Gasteiger partial charge is 0.326 e. The van der Waals surface area contributed by atoms with Crippen LogP contribution in [0.4, 0.5) is 11.4 Å². The number of carbonyl (C=O) groups is 1. The summed E-state index contributed by atoms with van der Waals surface area (Å²) in [4.78, 5) is 13.5. The number of fused-ring (bicyclic) bond motifs is 1. The Morgan fingerprint density at radius 3 is 2.26 bits per heavy atom. The van der Waals surface area contributed by atoms with Gasteiger partial charge in [-0.1, -0.05) is 33.6 Å². The average Bonchev–Trinajstić information content (AvgIpc) is 3.33. The predicted molar refractivity (Wildman–Crippen MR) is 150 cm³/mol. The molecule has 0 spiro atoms. The fraction of sp³-hybridized carbons (Fsp3) is 0.269. The highest BCUT2D eigenvalue weighted by molar-refractivity contribution is 9.10. The number of amides is 1. The first kappa shape index (κ1) is 27.1. The van der Waals surface area contributed by atoms with E-state index in [0.717, 1.165) is 10.0 Å². The Morgan fingerprint density at radius 2 is 1.55 bits per heavy atom. The molecule has 3 aromatic rings. The van der Waals surface area contributed by atoms with Crippen LogP contribution in [0.1, 0.15) is 18.4 Å². The monoisotopic (exact) mass is 637 g/mol. The molecule has 200 valence electrons. The smallest absolute Gasteiger partial charge is 0.264 e. The van der Waals surface area contributed by atoms with Gasteiger partial charge in [0.25, 0.3) is 10.0 Å². The highest BCUT2D eigenvalue weighted by Gasteiger charge is 2.34. The number of carbonyl (C=O) groups excluding carboxylic acids is 1. The number of rotatable bonds is 6. The summed E-state index contributed by atoms with van der Waals surface area (Å²) >= 11 is 9.23. The number of benzene rings is 3. The summed E-state index contributed by atoms with van der Waals surface area (Å²) in [5, 5.41) is 3.32. The molecule has 0 saturated carbocycles. The molecule has 1 amide bonds. The maximum atomic E-state index is 13.3. The van der Waals surface area contributed by atoms with Crippen molar-refractivity contribution < 1.29 is 21.6 Å². The van der Waals surface area contributed by atoms with Gasteiger partial charge in [0.15, 0.2) is 0 Å². The molecule has 0 aliphatic carbocycles. The van der Waals surface area contributed by atoms with E-state index in [9.17, 15) is 21.6 Å². The number of sulfonamides is 2. The molecule has 1 N–H and O–H groups in total. The minimum atomic E-state index is -3.80. The van der Waals surface area contributed by atoms with Gasteiger partial charge < -0.3 is 5.32 Å². The lowest BCUT2D eigenvalue weighted by Crippen LogP contribution is -2.43. The van der Waals surface area contributed by atoms with Crippen molar-refractivity contribution in [1.29, 1.82) is 0 Å². The van der Waals surface area contributed by atoms with Gasteiger partial charge in [-0.15, -0.1) is 0 Å². The molecule has 1 saturated heterocycles. The fourth-order valence-electron chi connectivity index (χ4n) is 4.79. The molecule has 3 aromatic carbocycles. The lowest BCUT2D eigenvalue weighted by atomic mass is 9.98. The molecule has 0 bridgehead atoms. The lowest BCUT2D eigenvalue weighted by molar-refractivity contribution is -0.120.